The average Bonchev–Trinajstić information content (AvgIpc) is 3.51. The first-order valence-electron chi connectivity index (χ1n) is 13.6. The van der Waals surface area contributed by atoms with Gasteiger partial charge in [-0.2, -0.15) is 22.0 Å². The normalized spacial score (nSPS) is 13.1. The lowest BCUT2D eigenvalue weighted by atomic mass is 9.98. The van der Waals surface area contributed by atoms with Gasteiger partial charge in [-0.05, 0) is 67.9 Å². The first-order chi connectivity index (χ1) is 21.5. The summed E-state index contributed by atoms with van der Waals surface area (Å²) in [7, 11) is 2.61. The lowest BCUT2D eigenvalue weighted by Crippen LogP contribution is -2.57. The van der Waals surface area contributed by atoms with E-state index in [9.17, 15) is 40.3 Å². The van der Waals surface area contributed by atoms with Crippen molar-refractivity contribution in [1.82, 2.24) is 15.6 Å². The number of halogens is 7. The fourth-order valence-electron chi connectivity index (χ4n) is 4.65. The van der Waals surface area contributed by atoms with Crippen LogP contribution in [0.2, 0.25) is 0 Å². The lowest BCUT2D eigenvalue weighted by molar-refractivity contribution is -0.323. The molecule has 4 rings (SSSR count). The van der Waals surface area contributed by atoms with Gasteiger partial charge in [-0.1, -0.05) is 12.1 Å². The second kappa shape index (κ2) is 12.8. The fourth-order valence-corrected chi connectivity index (χ4v) is 4.65. The standard InChI is InChI=1S/C32H28F7N3O4/c1-17-21-13-14-41-26(21)22(10-11-23(28(43)40-3)27(46-17)18-5-8-20(33)9-6-18)19-7-12-25(45-4)24(15-19)29(44)42-16-30(2,34)31(35,36)32(37,38)39/h5-15,41H,16H2,1-4H3,(H,40,43)(H,42,44). The van der Waals surface area contributed by atoms with Crippen LogP contribution in [0.25, 0.3) is 33.4 Å². The highest BCUT2D eigenvalue weighted by molar-refractivity contribution is 6.02. The van der Waals surface area contributed by atoms with E-state index in [1.54, 1.807) is 19.2 Å². The van der Waals surface area contributed by atoms with Crippen molar-refractivity contribution in [3.63, 3.8) is 0 Å². The largest absolute Gasteiger partial charge is 0.496 e. The molecular weight excluding hydrogens is 623 g/mol. The minimum atomic E-state index is -6.19. The van der Waals surface area contributed by atoms with Gasteiger partial charge in [0.2, 0.25) is 0 Å². The van der Waals surface area contributed by atoms with E-state index in [2.05, 4.69) is 10.3 Å². The van der Waals surface area contributed by atoms with Crippen LogP contribution in [0.4, 0.5) is 30.7 Å². The molecule has 46 heavy (non-hydrogen) atoms. The van der Waals surface area contributed by atoms with E-state index >= 15 is 0 Å². The molecular formula is C32H28F7N3O4. The van der Waals surface area contributed by atoms with Gasteiger partial charge in [0, 0.05) is 29.8 Å². The van der Waals surface area contributed by atoms with Crippen molar-refractivity contribution >= 4 is 22.7 Å². The quantitative estimate of drug-likeness (QED) is 0.170. The number of fused-ring (bicyclic) bond motifs is 1. The number of amides is 2. The second-order valence-corrected chi connectivity index (χ2v) is 10.4. The molecule has 0 saturated heterocycles. The van der Waals surface area contributed by atoms with Crippen molar-refractivity contribution in [3.8, 4) is 28.2 Å². The van der Waals surface area contributed by atoms with E-state index in [-0.39, 0.29) is 29.6 Å². The maximum absolute atomic E-state index is 14.6. The van der Waals surface area contributed by atoms with E-state index in [0.717, 1.165) is 0 Å². The summed E-state index contributed by atoms with van der Waals surface area (Å²) in [6.07, 6.45) is -4.59. The van der Waals surface area contributed by atoms with Gasteiger partial charge in [0.05, 0.1) is 30.3 Å². The molecule has 0 aliphatic carbocycles. The van der Waals surface area contributed by atoms with Gasteiger partial charge in [0.1, 0.15) is 23.1 Å². The number of aromatic nitrogens is 1. The van der Waals surface area contributed by atoms with E-state index < -0.39 is 41.9 Å². The van der Waals surface area contributed by atoms with Crippen molar-refractivity contribution in [2.75, 3.05) is 20.7 Å². The number of ether oxygens (including phenoxy) is 1. The number of hydrogen-bond acceptors (Lipinski definition) is 4. The maximum Gasteiger partial charge on any atom is 0.456 e. The van der Waals surface area contributed by atoms with Crippen molar-refractivity contribution in [2.45, 2.75) is 31.6 Å². The summed E-state index contributed by atoms with van der Waals surface area (Å²) in [6.45, 7) is 0.0110. The van der Waals surface area contributed by atoms with Gasteiger partial charge in [-0.15, -0.1) is 0 Å². The van der Waals surface area contributed by atoms with Crippen LogP contribution in [0.1, 0.15) is 33.4 Å². The maximum atomic E-state index is 14.6. The van der Waals surface area contributed by atoms with Gasteiger partial charge in [0.15, 0.2) is 5.67 Å². The highest BCUT2D eigenvalue weighted by Crippen LogP contribution is 2.45. The zero-order chi connectivity index (χ0) is 34.0. The van der Waals surface area contributed by atoms with Crippen LogP contribution in [-0.2, 0) is 0 Å². The molecule has 14 heteroatoms. The molecule has 0 spiro atoms. The summed E-state index contributed by atoms with van der Waals surface area (Å²) in [5.74, 6) is -7.62. The number of rotatable bonds is 8. The molecule has 1 unspecified atom stereocenters. The number of nitrogens with one attached hydrogen (secondary N) is 3. The molecule has 0 bridgehead atoms. The Kier molecular flexibility index (Phi) is 9.41. The number of carbonyl (C=O) groups is 2. The summed E-state index contributed by atoms with van der Waals surface area (Å²) in [5, 5.41) is 4.87. The minimum Gasteiger partial charge on any atom is -0.496 e. The molecule has 0 radical (unpaired) electrons. The molecule has 4 aromatic rings. The third kappa shape index (κ3) is 6.51. The Morgan fingerprint density at radius 1 is 0.891 bits per heavy atom. The molecule has 0 saturated carbocycles. The Bertz CT molecular complexity index is 1830. The molecule has 2 aromatic heterocycles. The molecule has 2 heterocycles. The molecule has 2 amide bonds. The molecule has 244 valence electrons. The van der Waals surface area contributed by atoms with Crippen LogP contribution >= 0.6 is 0 Å². The number of methoxy groups -OCH3 is 1. The third-order valence-corrected chi connectivity index (χ3v) is 7.24. The highest BCUT2D eigenvalue weighted by atomic mass is 19.4. The summed E-state index contributed by atoms with van der Waals surface area (Å²) in [5.41, 5.74) is -2.87. The zero-order valence-electron chi connectivity index (χ0n) is 24.8. The van der Waals surface area contributed by atoms with Gasteiger partial charge < -0.3 is 24.8 Å². The third-order valence-electron chi connectivity index (χ3n) is 7.24. The summed E-state index contributed by atoms with van der Waals surface area (Å²) in [6, 6.07) is 14.1. The van der Waals surface area contributed by atoms with Gasteiger partial charge in [0.25, 0.3) is 11.8 Å². The number of hydrogen-bond donors (Lipinski definition) is 3. The van der Waals surface area contributed by atoms with Crippen LogP contribution in [0.3, 0.4) is 0 Å². The highest BCUT2D eigenvalue weighted by Gasteiger charge is 2.69. The van der Waals surface area contributed by atoms with Gasteiger partial charge in [-0.25, -0.2) is 8.78 Å². The SMILES string of the molecule is CNC(=O)c1ccc(-c2ccc(OC)c(C(=O)NCC(C)(F)C(F)(F)C(F)(F)F)c2)c2[nH]ccc2c(C)oc1-c1ccc(F)cc1. The number of alkyl halides is 6. The van der Waals surface area contributed by atoms with Crippen molar-refractivity contribution in [2.24, 2.45) is 0 Å². The summed E-state index contributed by atoms with van der Waals surface area (Å²) < 4.78 is 106. The van der Waals surface area contributed by atoms with Gasteiger partial charge in [-0.3, -0.25) is 9.59 Å². The van der Waals surface area contributed by atoms with Gasteiger partial charge >= 0.3 is 12.1 Å². The molecule has 3 N–H and O–H groups in total. The molecule has 0 aliphatic heterocycles. The van der Waals surface area contributed by atoms with E-state index in [0.29, 0.717) is 33.4 Å². The van der Waals surface area contributed by atoms with Crippen LogP contribution in [0.15, 0.2) is 71.3 Å². The Morgan fingerprint density at radius 3 is 2.15 bits per heavy atom. The smallest absolute Gasteiger partial charge is 0.456 e. The minimum absolute atomic E-state index is 0.0397. The first kappa shape index (κ1) is 33.9. The summed E-state index contributed by atoms with van der Waals surface area (Å²) in [4.78, 5) is 29.2. The Labute approximate surface area is 258 Å². The molecule has 1 atom stereocenters. The monoisotopic (exact) mass is 651 g/mol. The first-order valence-corrected chi connectivity index (χ1v) is 13.6. The van der Waals surface area contributed by atoms with Crippen LogP contribution in [0.5, 0.6) is 5.75 Å². The molecule has 0 aliphatic rings. The van der Waals surface area contributed by atoms with Crippen LogP contribution < -0.4 is 15.4 Å². The predicted octanol–water partition coefficient (Wildman–Crippen LogP) is 7.69. The number of aromatic amines is 1. The van der Waals surface area contributed by atoms with Crippen LogP contribution in [-0.4, -0.2) is 55.3 Å². The molecule has 7 nitrogen and oxygen atoms in total. The Morgan fingerprint density at radius 2 is 1.54 bits per heavy atom. The number of benzene rings is 2. The number of aryl methyl sites for hydroxylation is 1. The van der Waals surface area contributed by atoms with E-state index in [1.165, 1.54) is 68.8 Å². The van der Waals surface area contributed by atoms with Crippen molar-refractivity contribution in [1.29, 1.82) is 0 Å². The Balaban J connectivity index is 1.89. The molecule has 0 fully saturated rings. The lowest BCUT2D eigenvalue weighted by Gasteiger charge is -2.31. The fraction of sp³-hybridized carbons (Fsp3) is 0.250. The average molecular weight is 652 g/mol. The molecule has 2 aromatic carbocycles. The second-order valence-electron chi connectivity index (χ2n) is 10.4. The van der Waals surface area contributed by atoms with E-state index in [4.69, 9.17) is 9.15 Å². The number of H-pyrrole nitrogens is 1. The van der Waals surface area contributed by atoms with Crippen molar-refractivity contribution in [3.05, 3.63) is 89.6 Å². The Hall–Kier alpha value is -5.01. The number of carbonyl (C=O) groups excluding carboxylic acids is 2. The van der Waals surface area contributed by atoms with Crippen molar-refractivity contribution < 1.29 is 49.5 Å². The van der Waals surface area contributed by atoms with E-state index in [1.807, 2.05) is 5.32 Å². The zero-order valence-corrected chi connectivity index (χ0v) is 24.8. The predicted molar refractivity (Wildman–Crippen MR) is 157 cm³/mol. The van der Waals surface area contributed by atoms with Crippen LogP contribution in [0, 0.1) is 12.7 Å². The summed E-state index contributed by atoms with van der Waals surface area (Å²) >= 11 is 0. The topological polar surface area (TPSA) is 96.4 Å².